The third-order valence-corrected chi connectivity index (χ3v) is 6.47. The van der Waals surface area contributed by atoms with Gasteiger partial charge in [0.25, 0.3) is 11.5 Å². The average Bonchev–Trinajstić information content (AvgIpc) is 3.59. The van der Waals surface area contributed by atoms with E-state index in [1.807, 2.05) is 12.1 Å². The van der Waals surface area contributed by atoms with Gasteiger partial charge in [-0.05, 0) is 53.1 Å². The summed E-state index contributed by atoms with van der Waals surface area (Å²) in [6.45, 7) is 0.322. The van der Waals surface area contributed by atoms with Gasteiger partial charge in [0.05, 0.1) is 17.1 Å². The van der Waals surface area contributed by atoms with Gasteiger partial charge in [-0.25, -0.2) is 14.6 Å². The van der Waals surface area contributed by atoms with Gasteiger partial charge in [-0.2, -0.15) is 31.4 Å². The Morgan fingerprint density at radius 1 is 0.898 bits per heavy atom. The average molecular weight is 713 g/mol. The Morgan fingerprint density at radius 3 is 2.04 bits per heavy atom. The van der Waals surface area contributed by atoms with Gasteiger partial charge in [-0.3, -0.25) is 14.7 Å². The van der Waals surface area contributed by atoms with E-state index in [9.17, 15) is 35.9 Å². The van der Waals surface area contributed by atoms with Crippen LogP contribution < -0.4 is 16.6 Å². The van der Waals surface area contributed by atoms with Crippen LogP contribution in [0.5, 0.6) is 0 Å². The second kappa shape index (κ2) is 15.9. The molecule has 3 aromatic carbocycles. The molecule has 49 heavy (non-hydrogen) atoms. The van der Waals surface area contributed by atoms with Crippen LogP contribution in [-0.2, 0) is 16.1 Å². The van der Waals surface area contributed by atoms with Gasteiger partial charge in [0.1, 0.15) is 11.9 Å². The molecule has 2 aromatic heterocycles. The molecule has 0 bridgehead atoms. The van der Waals surface area contributed by atoms with Crippen LogP contribution in [0.25, 0.3) is 22.0 Å². The molecule has 1 unspecified atom stereocenters. The van der Waals surface area contributed by atoms with Crippen LogP contribution in [0.2, 0.25) is 5.02 Å². The molecule has 2 heterocycles. The summed E-state index contributed by atoms with van der Waals surface area (Å²) < 4.78 is 63.5. The number of hydrogen-bond donors (Lipinski definition) is 6. The molecule has 0 aliphatic carbocycles. The number of nitrogens with two attached hydrogens (primary N) is 1. The van der Waals surface area contributed by atoms with Gasteiger partial charge in [0.15, 0.2) is 0 Å². The van der Waals surface area contributed by atoms with E-state index in [0.29, 0.717) is 33.9 Å². The number of halogens is 7. The predicted molar refractivity (Wildman–Crippen MR) is 162 cm³/mol. The highest BCUT2D eigenvalue weighted by molar-refractivity contribution is 6.30. The van der Waals surface area contributed by atoms with Gasteiger partial charge in [-0.15, -0.1) is 0 Å². The highest BCUT2D eigenvalue weighted by Gasteiger charge is 2.38. The molecule has 0 saturated heterocycles. The van der Waals surface area contributed by atoms with E-state index < -0.39 is 30.3 Å². The monoisotopic (exact) mass is 712 g/mol. The highest BCUT2D eigenvalue weighted by atomic mass is 35.5. The molecule has 0 aliphatic heterocycles. The Labute approximate surface area is 275 Å². The molecule has 5 rings (SSSR count). The van der Waals surface area contributed by atoms with Crippen molar-refractivity contribution in [3.05, 3.63) is 117 Å². The fourth-order valence-corrected chi connectivity index (χ4v) is 4.03. The van der Waals surface area contributed by atoms with E-state index in [4.69, 9.17) is 42.1 Å². The summed E-state index contributed by atoms with van der Waals surface area (Å²) in [5, 5.41) is 25.0. The molecule has 7 N–H and O–H groups in total. The molecule has 0 aliphatic rings. The number of aliphatic carboxylic acids is 2. The number of nitrogens with one attached hydrogen (secondary N) is 3. The number of carboxylic acid groups (broad SMARTS) is 2. The summed E-state index contributed by atoms with van der Waals surface area (Å²) >= 11 is 6.08. The lowest BCUT2D eigenvalue weighted by Crippen LogP contribution is -2.32. The van der Waals surface area contributed by atoms with Gasteiger partial charge in [0, 0.05) is 28.9 Å². The largest absolute Gasteiger partial charge is 0.490 e. The molecule has 0 fully saturated rings. The lowest BCUT2D eigenvalue weighted by Gasteiger charge is -2.19. The lowest BCUT2D eigenvalue weighted by molar-refractivity contribution is -0.193. The zero-order valence-corrected chi connectivity index (χ0v) is 25.2. The summed E-state index contributed by atoms with van der Waals surface area (Å²) in [6.07, 6.45) is -6.73. The third kappa shape index (κ3) is 10.6. The Morgan fingerprint density at radius 2 is 1.51 bits per heavy atom. The van der Waals surface area contributed by atoms with E-state index in [-0.39, 0.29) is 11.5 Å². The number of aromatic amines is 2. The summed E-state index contributed by atoms with van der Waals surface area (Å²) in [7, 11) is 0. The zero-order chi connectivity index (χ0) is 36.5. The predicted octanol–water partition coefficient (Wildman–Crippen LogP) is 5.21. The minimum absolute atomic E-state index is 0.309. The first-order valence-electron chi connectivity index (χ1n) is 13.4. The minimum Gasteiger partial charge on any atom is -0.475 e. The van der Waals surface area contributed by atoms with Crippen LogP contribution in [0.15, 0.2) is 83.9 Å². The first kappa shape index (κ1) is 37.7. The fourth-order valence-electron chi connectivity index (χ4n) is 3.90. The number of carbonyl (C=O) groups excluding carboxylic acids is 1. The van der Waals surface area contributed by atoms with Crippen molar-refractivity contribution in [3.8, 4) is 11.1 Å². The van der Waals surface area contributed by atoms with Gasteiger partial charge < -0.3 is 26.2 Å². The first-order chi connectivity index (χ1) is 22.9. The van der Waals surface area contributed by atoms with Crippen LogP contribution in [0.3, 0.4) is 0 Å². The van der Waals surface area contributed by atoms with E-state index in [1.54, 1.807) is 67.0 Å². The van der Waals surface area contributed by atoms with E-state index in [1.165, 1.54) is 0 Å². The summed E-state index contributed by atoms with van der Waals surface area (Å²) in [5.41, 5.74) is 9.64. The number of carboxylic acids is 2. The van der Waals surface area contributed by atoms with Crippen LogP contribution in [0.4, 0.5) is 26.3 Å². The van der Waals surface area contributed by atoms with Crippen LogP contribution in [-0.4, -0.2) is 60.6 Å². The molecule has 19 heteroatoms. The molecule has 12 nitrogen and oxygen atoms in total. The molecule has 1 amide bonds. The van der Waals surface area contributed by atoms with Gasteiger partial charge in [0.2, 0.25) is 0 Å². The quantitative estimate of drug-likeness (QED) is 0.128. The van der Waals surface area contributed by atoms with E-state index >= 15 is 0 Å². The Hall–Kier alpha value is -5.75. The van der Waals surface area contributed by atoms with Crippen LogP contribution in [0.1, 0.15) is 33.4 Å². The number of alkyl halides is 6. The third-order valence-electron chi connectivity index (χ3n) is 6.22. The van der Waals surface area contributed by atoms with Crippen molar-refractivity contribution in [2.45, 2.75) is 24.9 Å². The van der Waals surface area contributed by atoms with Crippen molar-refractivity contribution in [2.75, 3.05) is 0 Å². The number of H-pyrrole nitrogens is 2. The van der Waals surface area contributed by atoms with Crippen molar-refractivity contribution in [2.24, 2.45) is 5.73 Å². The van der Waals surface area contributed by atoms with E-state index in [2.05, 4.69) is 20.5 Å². The fraction of sp³-hybridized carbons (Fsp3) is 0.133. The number of fused-ring (bicyclic) bond motifs is 1. The summed E-state index contributed by atoms with van der Waals surface area (Å²) in [4.78, 5) is 51.6. The van der Waals surface area contributed by atoms with Crippen molar-refractivity contribution < 1.29 is 50.9 Å². The normalized spacial score (nSPS) is 11.8. The smallest absolute Gasteiger partial charge is 0.475 e. The van der Waals surface area contributed by atoms with E-state index in [0.717, 1.165) is 22.3 Å². The van der Waals surface area contributed by atoms with Crippen molar-refractivity contribution in [1.29, 1.82) is 0 Å². The number of carbonyl (C=O) groups is 3. The van der Waals surface area contributed by atoms with Crippen molar-refractivity contribution >= 4 is 40.3 Å². The summed E-state index contributed by atoms with van der Waals surface area (Å²) in [6, 6.07) is 18.8. The number of amides is 1. The van der Waals surface area contributed by atoms with Gasteiger partial charge in [-0.1, -0.05) is 41.9 Å². The molecule has 5 aromatic rings. The Balaban J connectivity index is 0.000000392. The molecule has 0 radical (unpaired) electrons. The molecule has 0 spiro atoms. The second-order valence-electron chi connectivity index (χ2n) is 9.64. The second-order valence-corrected chi connectivity index (χ2v) is 10.1. The minimum atomic E-state index is -5.08. The topological polar surface area (TPSA) is 204 Å². The maximum absolute atomic E-state index is 13.2. The van der Waals surface area contributed by atoms with Crippen LogP contribution >= 0.6 is 11.6 Å². The van der Waals surface area contributed by atoms with Crippen LogP contribution in [0, 0.1) is 0 Å². The molecular weight excluding hydrogens is 690 g/mol. The van der Waals surface area contributed by atoms with Gasteiger partial charge >= 0.3 is 24.3 Å². The maximum Gasteiger partial charge on any atom is 0.490 e. The SMILES string of the molecule is NCc1cccc(C(=O)NC(c2ccc(Cl)cc2)c2nc3ccc(-c4cn[nH]c4)cc3c(=O)[nH]2)c1.O=C(O)C(F)(F)F.O=C(O)C(F)(F)F. The standard InChI is InChI=1S/C26H21ClN6O2.2C2HF3O2/c27-20-7-4-16(5-8-20)23(32-25(34)18-3-1-2-15(10-18)12-28)24-31-22-9-6-17(19-13-29-30-14-19)11-21(22)26(35)33-24;2*3-2(4,5)1(6)7/h1-11,13-14,23H,12,28H2,(H,29,30)(H,32,34)(H,31,33,35);2*(H,6,7). The molecule has 258 valence electrons. The molecule has 0 saturated carbocycles. The number of nitrogens with zero attached hydrogens (tertiary/aromatic N) is 2. The number of benzene rings is 3. The molecule has 1 atom stereocenters. The van der Waals surface area contributed by atoms with Crippen molar-refractivity contribution in [1.82, 2.24) is 25.5 Å². The number of rotatable bonds is 6. The molecular formula is C30H23ClF6N6O6. The summed E-state index contributed by atoms with van der Waals surface area (Å²) in [5.74, 6) is -5.53. The number of aromatic nitrogens is 4. The lowest BCUT2D eigenvalue weighted by atomic mass is 10.0. The maximum atomic E-state index is 13.2. The van der Waals surface area contributed by atoms with Crippen molar-refractivity contribution in [3.63, 3.8) is 0 Å². The highest BCUT2D eigenvalue weighted by Crippen LogP contribution is 2.25. The Bertz CT molecular complexity index is 1960. The zero-order valence-electron chi connectivity index (χ0n) is 24.4. The Kier molecular flexibility index (Phi) is 12.2. The first-order valence-corrected chi connectivity index (χ1v) is 13.8. The number of hydrogen-bond acceptors (Lipinski definition) is 7.